The molecule has 0 saturated heterocycles. The Hall–Kier alpha value is -0.0800. The molecule has 1 saturated carbocycles. The van der Waals surface area contributed by atoms with Crippen molar-refractivity contribution >= 4 is 0 Å². The summed E-state index contributed by atoms with van der Waals surface area (Å²) in [6.45, 7) is 6.72. The van der Waals surface area contributed by atoms with E-state index in [0.29, 0.717) is 0 Å². The molecule has 0 amide bonds. The highest BCUT2D eigenvalue weighted by Gasteiger charge is 2.29. The second-order valence-electron chi connectivity index (χ2n) is 5.66. The summed E-state index contributed by atoms with van der Waals surface area (Å²) in [6.07, 6.45) is 9.17. The van der Waals surface area contributed by atoms with Crippen molar-refractivity contribution in [3.63, 3.8) is 0 Å². The van der Waals surface area contributed by atoms with Crippen molar-refractivity contribution in [3.8, 4) is 0 Å². The molecule has 0 aromatic rings. The summed E-state index contributed by atoms with van der Waals surface area (Å²) in [5.41, 5.74) is 0.132. The predicted octanol–water partition coefficient (Wildman–Crippen LogP) is 3.36. The van der Waals surface area contributed by atoms with Gasteiger partial charge in [0.2, 0.25) is 0 Å². The van der Waals surface area contributed by atoms with Crippen LogP contribution in [0.25, 0.3) is 0 Å². The van der Waals surface area contributed by atoms with E-state index in [1.807, 2.05) is 7.11 Å². The molecular formula is C14H29NO. The minimum absolute atomic E-state index is 0.132. The van der Waals surface area contributed by atoms with Crippen LogP contribution in [0.2, 0.25) is 0 Å². The van der Waals surface area contributed by atoms with Crippen LogP contribution in [-0.2, 0) is 4.74 Å². The molecule has 0 aliphatic heterocycles. The molecule has 0 aromatic heterocycles. The van der Waals surface area contributed by atoms with Gasteiger partial charge in [0, 0.05) is 13.7 Å². The van der Waals surface area contributed by atoms with Crippen LogP contribution in [0.1, 0.15) is 58.8 Å². The summed E-state index contributed by atoms with van der Waals surface area (Å²) in [5, 5.41) is 3.58. The maximum Gasteiger partial charge on any atom is 0.0802 e. The fourth-order valence-electron chi connectivity index (χ4n) is 2.53. The topological polar surface area (TPSA) is 21.3 Å². The Balaban J connectivity index is 2.28. The van der Waals surface area contributed by atoms with E-state index in [-0.39, 0.29) is 5.60 Å². The first-order chi connectivity index (χ1) is 7.68. The van der Waals surface area contributed by atoms with Crippen molar-refractivity contribution in [1.82, 2.24) is 5.32 Å². The molecule has 0 atom stereocenters. The molecular weight excluding hydrogens is 198 g/mol. The third-order valence-electron chi connectivity index (χ3n) is 3.79. The lowest BCUT2D eigenvalue weighted by atomic mass is 9.94. The molecule has 2 heteroatoms. The van der Waals surface area contributed by atoms with Gasteiger partial charge in [-0.05, 0) is 31.7 Å². The molecule has 2 nitrogen and oxygen atoms in total. The molecule has 1 aliphatic rings. The van der Waals surface area contributed by atoms with Crippen molar-refractivity contribution in [3.05, 3.63) is 0 Å². The highest BCUT2D eigenvalue weighted by atomic mass is 16.5. The summed E-state index contributed by atoms with van der Waals surface area (Å²) in [6, 6.07) is 0. The summed E-state index contributed by atoms with van der Waals surface area (Å²) in [4.78, 5) is 0. The van der Waals surface area contributed by atoms with Crippen LogP contribution in [0.15, 0.2) is 0 Å². The van der Waals surface area contributed by atoms with Crippen LogP contribution in [0.5, 0.6) is 0 Å². The smallest absolute Gasteiger partial charge is 0.0802 e. The second kappa shape index (κ2) is 7.29. The number of nitrogens with one attached hydrogen (secondary N) is 1. The number of rotatable bonds is 6. The molecule has 0 aromatic carbocycles. The van der Waals surface area contributed by atoms with Gasteiger partial charge in [0.15, 0.2) is 0 Å². The van der Waals surface area contributed by atoms with Gasteiger partial charge in [-0.15, -0.1) is 0 Å². The standard InChI is InChI=1S/C14H29NO/c1-13(2)8-11-15-12-14(16-3)9-6-4-5-7-10-14/h13,15H,4-12H2,1-3H3. The highest BCUT2D eigenvalue weighted by Crippen LogP contribution is 2.29. The maximum absolute atomic E-state index is 5.80. The maximum atomic E-state index is 5.80. The minimum atomic E-state index is 0.132. The van der Waals surface area contributed by atoms with Gasteiger partial charge in [0.25, 0.3) is 0 Å². The number of hydrogen-bond donors (Lipinski definition) is 1. The van der Waals surface area contributed by atoms with E-state index in [4.69, 9.17) is 4.74 Å². The molecule has 0 bridgehead atoms. The highest BCUT2D eigenvalue weighted by molar-refractivity contribution is 4.85. The zero-order valence-corrected chi connectivity index (χ0v) is 11.3. The zero-order chi connectivity index (χ0) is 11.9. The summed E-state index contributed by atoms with van der Waals surface area (Å²) >= 11 is 0. The Bertz CT molecular complexity index is 172. The molecule has 0 radical (unpaired) electrons. The van der Waals surface area contributed by atoms with Crippen LogP contribution in [-0.4, -0.2) is 25.8 Å². The fraction of sp³-hybridized carbons (Fsp3) is 1.00. The Morgan fingerprint density at radius 2 is 1.75 bits per heavy atom. The van der Waals surface area contributed by atoms with E-state index >= 15 is 0 Å². The number of methoxy groups -OCH3 is 1. The molecule has 96 valence electrons. The van der Waals surface area contributed by atoms with Gasteiger partial charge in [-0.1, -0.05) is 39.5 Å². The first kappa shape index (κ1) is 14.0. The average molecular weight is 227 g/mol. The lowest BCUT2D eigenvalue weighted by molar-refractivity contribution is -0.0214. The summed E-state index contributed by atoms with van der Waals surface area (Å²) in [5.74, 6) is 0.792. The molecule has 0 heterocycles. The Morgan fingerprint density at radius 1 is 1.12 bits per heavy atom. The normalized spacial score (nSPS) is 21.0. The molecule has 0 spiro atoms. The van der Waals surface area contributed by atoms with Crippen molar-refractivity contribution < 1.29 is 4.74 Å². The SMILES string of the molecule is COC1(CNCCC(C)C)CCCCCC1. The van der Waals surface area contributed by atoms with E-state index in [2.05, 4.69) is 19.2 Å². The van der Waals surface area contributed by atoms with Gasteiger partial charge in [0.05, 0.1) is 5.60 Å². The number of ether oxygens (including phenoxy) is 1. The molecule has 1 aliphatic carbocycles. The Kier molecular flexibility index (Phi) is 6.37. The van der Waals surface area contributed by atoms with Crippen LogP contribution < -0.4 is 5.32 Å². The zero-order valence-electron chi connectivity index (χ0n) is 11.3. The molecule has 16 heavy (non-hydrogen) atoms. The van der Waals surface area contributed by atoms with Gasteiger partial charge < -0.3 is 10.1 Å². The summed E-state index contributed by atoms with van der Waals surface area (Å²) < 4.78 is 5.80. The monoisotopic (exact) mass is 227 g/mol. The van der Waals surface area contributed by atoms with E-state index in [1.165, 1.54) is 44.9 Å². The minimum Gasteiger partial charge on any atom is -0.377 e. The number of hydrogen-bond acceptors (Lipinski definition) is 2. The molecule has 1 fully saturated rings. The van der Waals surface area contributed by atoms with Gasteiger partial charge in [-0.3, -0.25) is 0 Å². The van der Waals surface area contributed by atoms with Crippen LogP contribution in [0, 0.1) is 5.92 Å². The van der Waals surface area contributed by atoms with Gasteiger partial charge >= 0.3 is 0 Å². The van der Waals surface area contributed by atoms with Crippen molar-refractivity contribution in [2.75, 3.05) is 20.2 Å². The first-order valence-corrected chi connectivity index (χ1v) is 6.94. The van der Waals surface area contributed by atoms with E-state index < -0.39 is 0 Å². The third kappa shape index (κ3) is 4.84. The first-order valence-electron chi connectivity index (χ1n) is 6.94. The van der Waals surface area contributed by atoms with Crippen LogP contribution in [0.4, 0.5) is 0 Å². The van der Waals surface area contributed by atoms with E-state index in [1.54, 1.807) is 0 Å². The van der Waals surface area contributed by atoms with Gasteiger partial charge in [-0.25, -0.2) is 0 Å². The fourth-order valence-corrected chi connectivity index (χ4v) is 2.53. The van der Waals surface area contributed by atoms with E-state index in [9.17, 15) is 0 Å². The quantitative estimate of drug-likeness (QED) is 0.555. The van der Waals surface area contributed by atoms with Crippen molar-refractivity contribution in [1.29, 1.82) is 0 Å². The Labute approximate surface area is 101 Å². The van der Waals surface area contributed by atoms with E-state index in [0.717, 1.165) is 19.0 Å². The summed E-state index contributed by atoms with van der Waals surface area (Å²) in [7, 11) is 1.88. The van der Waals surface area contributed by atoms with Crippen molar-refractivity contribution in [2.24, 2.45) is 5.92 Å². The van der Waals surface area contributed by atoms with Crippen LogP contribution >= 0.6 is 0 Å². The largest absolute Gasteiger partial charge is 0.377 e. The second-order valence-corrected chi connectivity index (χ2v) is 5.66. The molecule has 1 N–H and O–H groups in total. The molecule has 1 rings (SSSR count). The van der Waals surface area contributed by atoms with Gasteiger partial charge in [-0.2, -0.15) is 0 Å². The van der Waals surface area contributed by atoms with Crippen LogP contribution in [0.3, 0.4) is 0 Å². The predicted molar refractivity (Wildman–Crippen MR) is 69.8 cm³/mol. The lowest BCUT2D eigenvalue weighted by Crippen LogP contribution is -2.42. The van der Waals surface area contributed by atoms with Gasteiger partial charge in [0.1, 0.15) is 0 Å². The Morgan fingerprint density at radius 3 is 2.25 bits per heavy atom. The lowest BCUT2D eigenvalue weighted by Gasteiger charge is -2.31. The van der Waals surface area contributed by atoms with Crippen molar-refractivity contribution in [2.45, 2.75) is 64.4 Å². The molecule has 0 unspecified atom stereocenters. The third-order valence-corrected chi connectivity index (χ3v) is 3.79. The average Bonchev–Trinajstić information content (AvgIpc) is 2.50.